The van der Waals surface area contributed by atoms with Crippen LogP contribution in [0.25, 0.3) is 6.08 Å². The fraction of sp³-hybridized carbons (Fsp3) is 0.250. The van der Waals surface area contributed by atoms with E-state index in [0.29, 0.717) is 35.3 Å². The molecule has 3 rings (SSSR count). The average Bonchev–Trinajstić information content (AvgIpc) is 2.66. The highest BCUT2D eigenvalue weighted by molar-refractivity contribution is 6.32. The third-order valence-electron chi connectivity index (χ3n) is 4.05. The summed E-state index contributed by atoms with van der Waals surface area (Å²) in [5, 5.41) is 0.432. The number of nitrogens with zero attached hydrogens (tertiary/aromatic N) is 1. The molecule has 0 aromatic heterocycles. The monoisotopic (exact) mass is 391 g/mol. The maximum absolute atomic E-state index is 13.8. The van der Waals surface area contributed by atoms with Gasteiger partial charge in [-0.3, -0.25) is 4.79 Å². The van der Waals surface area contributed by atoms with Gasteiger partial charge in [0, 0.05) is 19.7 Å². The highest BCUT2D eigenvalue weighted by Gasteiger charge is 2.16. The van der Waals surface area contributed by atoms with Crippen molar-refractivity contribution in [3.05, 3.63) is 58.4 Å². The molecule has 1 aliphatic heterocycles. The number of hydrogen-bond acceptors (Lipinski definition) is 4. The van der Waals surface area contributed by atoms with Gasteiger partial charge >= 0.3 is 0 Å². The van der Waals surface area contributed by atoms with Crippen molar-refractivity contribution < 1.29 is 23.4 Å². The number of ether oxygens (including phenoxy) is 3. The first-order valence-corrected chi connectivity index (χ1v) is 8.70. The standard InChI is InChI=1S/C20H19ClFNO4/c1-23(12-14-3-5-17(25-2)16(22)10-14)19(24)6-4-13-9-15(21)20-18(11-13)26-7-8-27-20/h3-6,9-11H,7-8,12H2,1-2H3/b6-4+. The lowest BCUT2D eigenvalue weighted by Gasteiger charge is -2.19. The Bertz CT molecular complexity index is 885. The largest absolute Gasteiger partial charge is 0.494 e. The second kappa shape index (κ2) is 8.31. The fourth-order valence-electron chi connectivity index (χ4n) is 2.68. The van der Waals surface area contributed by atoms with Gasteiger partial charge in [0.15, 0.2) is 23.1 Å². The highest BCUT2D eigenvalue weighted by atomic mass is 35.5. The predicted octanol–water partition coefficient (Wildman–Crippen LogP) is 3.93. The molecule has 0 aliphatic carbocycles. The molecule has 0 N–H and O–H groups in total. The summed E-state index contributed by atoms with van der Waals surface area (Å²) in [4.78, 5) is 13.8. The number of fused-ring (bicyclic) bond motifs is 1. The van der Waals surface area contributed by atoms with Crippen molar-refractivity contribution in [2.75, 3.05) is 27.4 Å². The van der Waals surface area contributed by atoms with Crippen LogP contribution in [0, 0.1) is 5.82 Å². The van der Waals surface area contributed by atoms with Crippen LogP contribution in [0.4, 0.5) is 4.39 Å². The Hall–Kier alpha value is -2.73. The van der Waals surface area contributed by atoms with E-state index in [1.165, 1.54) is 30.2 Å². The molecule has 0 fully saturated rings. The first-order chi connectivity index (χ1) is 13.0. The zero-order valence-corrected chi connectivity index (χ0v) is 15.8. The number of carbonyl (C=O) groups is 1. The maximum Gasteiger partial charge on any atom is 0.246 e. The lowest BCUT2D eigenvalue weighted by molar-refractivity contribution is -0.125. The van der Waals surface area contributed by atoms with Crippen LogP contribution in [0.5, 0.6) is 17.2 Å². The molecular formula is C20H19ClFNO4. The molecule has 142 valence electrons. The molecule has 27 heavy (non-hydrogen) atoms. The van der Waals surface area contributed by atoms with Crippen LogP contribution in [-0.2, 0) is 11.3 Å². The van der Waals surface area contributed by atoms with E-state index in [1.807, 2.05) is 0 Å². The fourth-order valence-corrected chi connectivity index (χ4v) is 2.96. The molecular weight excluding hydrogens is 373 g/mol. The molecule has 0 saturated carbocycles. The smallest absolute Gasteiger partial charge is 0.246 e. The number of likely N-dealkylation sites (N-methyl/N-ethyl adjacent to an activating group) is 1. The van der Waals surface area contributed by atoms with Crippen LogP contribution >= 0.6 is 11.6 Å². The van der Waals surface area contributed by atoms with Crippen molar-refractivity contribution in [1.29, 1.82) is 0 Å². The molecule has 7 heteroatoms. The van der Waals surface area contributed by atoms with E-state index in [0.717, 1.165) is 5.56 Å². The van der Waals surface area contributed by atoms with Gasteiger partial charge in [-0.2, -0.15) is 0 Å². The lowest BCUT2D eigenvalue weighted by Crippen LogP contribution is -2.24. The molecule has 2 aromatic rings. The van der Waals surface area contributed by atoms with E-state index >= 15 is 0 Å². The Balaban J connectivity index is 1.67. The minimum atomic E-state index is -0.461. The number of benzene rings is 2. The Morgan fingerprint density at radius 3 is 2.81 bits per heavy atom. The van der Waals surface area contributed by atoms with Crippen LogP contribution in [0.15, 0.2) is 36.4 Å². The molecule has 0 radical (unpaired) electrons. The molecule has 0 atom stereocenters. The SMILES string of the molecule is COc1ccc(CN(C)C(=O)/C=C/c2cc(Cl)c3c(c2)OCCO3)cc1F. The summed E-state index contributed by atoms with van der Waals surface area (Å²) < 4.78 is 29.7. The summed E-state index contributed by atoms with van der Waals surface area (Å²) in [6.45, 7) is 1.18. The lowest BCUT2D eigenvalue weighted by atomic mass is 10.1. The van der Waals surface area contributed by atoms with Crippen LogP contribution in [0.3, 0.4) is 0 Å². The van der Waals surface area contributed by atoms with Crippen LogP contribution in [-0.4, -0.2) is 38.2 Å². The third-order valence-corrected chi connectivity index (χ3v) is 4.33. The van der Waals surface area contributed by atoms with E-state index in [1.54, 1.807) is 31.3 Å². The van der Waals surface area contributed by atoms with Gasteiger partial charge in [-0.25, -0.2) is 4.39 Å². The van der Waals surface area contributed by atoms with E-state index in [-0.39, 0.29) is 18.2 Å². The van der Waals surface area contributed by atoms with Crippen molar-refractivity contribution in [3.63, 3.8) is 0 Å². The van der Waals surface area contributed by atoms with Gasteiger partial charge in [0.2, 0.25) is 5.91 Å². The Labute approximate surface area is 161 Å². The van der Waals surface area contributed by atoms with Gasteiger partial charge in [0.05, 0.1) is 12.1 Å². The van der Waals surface area contributed by atoms with E-state index in [2.05, 4.69) is 0 Å². The number of hydrogen-bond donors (Lipinski definition) is 0. The first-order valence-electron chi connectivity index (χ1n) is 8.32. The molecule has 0 bridgehead atoms. The summed E-state index contributed by atoms with van der Waals surface area (Å²) in [5.41, 5.74) is 1.39. The summed E-state index contributed by atoms with van der Waals surface area (Å²) in [7, 11) is 3.05. The van der Waals surface area contributed by atoms with E-state index in [9.17, 15) is 9.18 Å². The van der Waals surface area contributed by atoms with E-state index < -0.39 is 5.82 Å². The number of methoxy groups -OCH3 is 1. The van der Waals surface area contributed by atoms with Gasteiger partial charge in [-0.1, -0.05) is 17.7 Å². The minimum absolute atomic E-state index is 0.170. The average molecular weight is 392 g/mol. The number of rotatable bonds is 5. The summed E-state index contributed by atoms with van der Waals surface area (Å²) >= 11 is 6.19. The molecule has 0 unspecified atom stereocenters. The number of halogens is 2. The van der Waals surface area contributed by atoms with Crippen molar-refractivity contribution in [2.45, 2.75) is 6.54 Å². The first kappa shape index (κ1) is 19.0. The van der Waals surface area contributed by atoms with Crippen LogP contribution in [0.2, 0.25) is 5.02 Å². The van der Waals surface area contributed by atoms with Crippen molar-refractivity contribution in [3.8, 4) is 17.2 Å². The zero-order chi connectivity index (χ0) is 19.4. The number of carbonyl (C=O) groups excluding carboxylic acids is 1. The minimum Gasteiger partial charge on any atom is -0.494 e. The van der Waals surface area contributed by atoms with Crippen molar-refractivity contribution in [2.24, 2.45) is 0 Å². The molecule has 1 heterocycles. The molecule has 0 saturated heterocycles. The van der Waals surface area contributed by atoms with Crippen LogP contribution in [0.1, 0.15) is 11.1 Å². The maximum atomic E-state index is 13.8. The molecule has 0 spiro atoms. The summed E-state index contributed by atoms with van der Waals surface area (Å²) in [6, 6.07) is 8.08. The number of amides is 1. The van der Waals surface area contributed by atoms with Gasteiger partial charge in [0.25, 0.3) is 0 Å². The normalized spacial score (nSPS) is 12.9. The Morgan fingerprint density at radius 1 is 1.30 bits per heavy atom. The Morgan fingerprint density at radius 2 is 2.07 bits per heavy atom. The quantitative estimate of drug-likeness (QED) is 0.724. The van der Waals surface area contributed by atoms with Crippen molar-refractivity contribution >= 4 is 23.6 Å². The third kappa shape index (κ3) is 4.52. The molecule has 2 aromatic carbocycles. The second-order valence-electron chi connectivity index (χ2n) is 6.02. The topological polar surface area (TPSA) is 48.0 Å². The van der Waals surface area contributed by atoms with E-state index in [4.69, 9.17) is 25.8 Å². The Kier molecular flexibility index (Phi) is 5.86. The van der Waals surface area contributed by atoms with Gasteiger partial charge in [-0.15, -0.1) is 0 Å². The summed E-state index contributed by atoms with van der Waals surface area (Å²) in [6.07, 6.45) is 3.08. The van der Waals surface area contributed by atoms with Crippen LogP contribution < -0.4 is 14.2 Å². The zero-order valence-electron chi connectivity index (χ0n) is 15.0. The van der Waals surface area contributed by atoms with Gasteiger partial charge in [0.1, 0.15) is 13.2 Å². The molecule has 5 nitrogen and oxygen atoms in total. The molecule has 1 amide bonds. The summed E-state index contributed by atoms with van der Waals surface area (Å²) in [5.74, 6) is 0.561. The van der Waals surface area contributed by atoms with Gasteiger partial charge < -0.3 is 19.1 Å². The van der Waals surface area contributed by atoms with Gasteiger partial charge in [-0.05, 0) is 41.5 Å². The predicted molar refractivity (Wildman–Crippen MR) is 101 cm³/mol. The van der Waals surface area contributed by atoms with Crippen molar-refractivity contribution in [1.82, 2.24) is 4.90 Å². The molecule has 1 aliphatic rings. The second-order valence-corrected chi connectivity index (χ2v) is 6.43. The highest BCUT2D eigenvalue weighted by Crippen LogP contribution is 2.38.